The Labute approximate surface area is 134 Å². The first kappa shape index (κ1) is 23.5. The molecule has 5 nitrogen and oxygen atoms in total. The molecule has 0 radical (unpaired) electrons. The Balaban J connectivity index is 0. The van der Waals surface area contributed by atoms with Gasteiger partial charge in [-0.25, -0.2) is 0 Å². The van der Waals surface area contributed by atoms with Gasteiger partial charge in [-0.1, -0.05) is 0 Å². The molecule has 0 unspecified atom stereocenters. The number of nitrogens with two attached hydrogens (primary N) is 4. The molecule has 130 valence electrons. The van der Waals surface area contributed by atoms with Crippen molar-refractivity contribution in [2.75, 3.05) is 26.2 Å². The van der Waals surface area contributed by atoms with E-state index < -0.39 is 16.6 Å². The molecule has 0 aromatic rings. The highest BCUT2D eigenvalue weighted by Crippen LogP contribution is 2.23. The Morgan fingerprint density at radius 3 is 1.10 bits per heavy atom. The normalized spacial score (nSPS) is 12.0. The van der Waals surface area contributed by atoms with E-state index in [4.69, 9.17) is 27.0 Å². The average molecular weight is 337 g/mol. The lowest BCUT2D eigenvalue weighted by molar-refractivity contribution is 0.531. The molecule has 0 fully saturated rings. The van der Waals surface area contributed by atoms with Gasteiger partial charge in [0.15, 0.2) is 16.6 Å². The molecular weight excluding hydrogens is 296 g/mol. The van der Waals surface area contributed by atoms with Crippen LogP contribution in [0.5, 0.6) is 0 Å². The summed E-state index contributed by atoms with van der Waals surface area (Å²) in [5, 5.41) is 0. The monoisotopic (exact) mass is 336 g/mol. The summed E-state index contributed by atoms with van der Waals surface area (Å²) in [6.07, 6.45) is 4.33. The predicted octanol–water partition coefficient (Wildman–Crippen LogP) is 1.79. The van der Waals surface area contributed by atoms with Gasteiger partial charge < -0.3 is 27.0 Å². The van der Waals surface area contributed by atoms with E-state index in [2.05, 4.69) is 26.2 Å². The van der Waals surface area contributed by atoms with Crippen LogP contribution in [0.1, 0.15) is 25.7 Å². The second-order valence-electron chi connectivity index (χ2n) is 6.69. The van der Waals surface area contributed by atoms with Gasteiger partial charge in [0.2, 0.25) is 0 Å². The van der Waals surface area contributed by atoms with Crippen LogP contribution in [-0.4, -0.2) is 42.8 Å². The van der Waals surface area contributed by atoms with Crippen LogP contribution in [0, 0.1) is 0 Å². The minimum atomic E-state index is -1.47. The van der Waals surface area contributed by atoms with Crippen molar-refractivity contribution < 1.29 is 4.12 Å². The standard InChI is InChI=1S/C10H28N2OSi2.C4H12N2/c1-14(2,9-5-7-11)13-15(3,4)10-6-8-12;5-3-1-2-4-6/h5-12H2,1-4H3;1-6H2. The molecule has 0 atom stereocenters. The summed E-state index contributed by atoms with van der Waals surface area (Å²) in [4.78, 5) is 0. The Kier molecular flexibility index (Phi) is 15.5. The van der Waals surface area contributed by atoms with Crippen molar-refractivity contribution >= 4 is 16.6 Å². The van der Waals surface area contributed by atoms with Crippen LogP contribution >= 0.6 is 0 Å². The van der Waals surface area contributed by atoms with E-state index in [1.807, 2.05) is 0 Å². The van der Waals surface area contributed by atoms with E-state index in [1.54, 1.807) is 0 Å². The molecule has 0 aliphatic carbocycles. The molecule has 0 saturated heterocycles. The lowest BCUT2D eigenvalue weighted by Gasteiger charge is -2.34. The quantitative estimate of drug-likeness (QED) is 0.339. The van der Waals surface area contributed by atoms with Crippen molar-refractivity contribution in [2.24, 2.45) is 22.9 Å². The molecule has 0 aromatic heterocycles. The third-order valence-corrected chi connectivity index (χ3v) is 10.7. The second kappa shape index (κ2) is 13.9. The van der Waals surface area contributed by atoms with Crippen LogP contribution < -0.4 is 22.9 Å². The topological polar surface area (TPSA) is 113 Å². The van der Waals surface area contributed by atoms with Gasteiger partial charge >= 0.3 is 0 Å². The van der Waals surface area contributed by atoms with Crippen LogP contribution in [0.2, 0.25) is 38.3 Å². The van der Waals surface area contributed by atoms with Gasteiger partial charge in [-0.3, -0.25) is 0 Å². The van der Waals surface area contributed by atoms with Gasteiger partial charge in [0.25, 0.3) is 0 Å². The summed E-state index contributed by atoms with van der Waals surface area (Å²) in [6, 6.07) is 2.37. The maximum absolute atomic E-state index is 6.40. The highest BCUT2D eigenvalue weighted by molar-refractivity contribution is 6.84. The number of unbranched alkanes of at least 4 members (excludes halogenated alkanes) is 1. The third-order valence-electron chi connectivity index (χ3n) is 3.18. The van der Waals surface area contributed by atoms with Crippen LogP contribution in [0.4, 0.5) is 0 Å². The van der Waals surface area contributed by atoms with Crippen LogP contribution in [0.3, 0.4) is 0 Å². The fraction of sp³-hybridized carbons (Fsp3) is 1.00. The molecule has 0 aromatic carbocycles. The van der Waals surface area contributed by atoms with E-state index in [1.165, 1.54) is 12.1 Å². The molecular formula is C14H40N4OSi2. The highest BCUT2D eigenvalue weighted by atomic mass is 28.4. The fourth-order valence-corrected chi connectivity index (χ4v) is 11.1. The fourth-order valence-electron chi connectivity index (χ4n) is 2.19. The molecule has 8 N–H and O–H groups in total. The van der Waals surface area contributed by atoms with Crippen molar-refractivity contribution in [1.82, 2.24) is 0 Å². The third kappa shape index (κ3) is 18.2. The minimum absolute atomic E-state index is 0.775. The highest BCUT2D eigenvalue weighted by Gasteiger charge is 2.31. The zero-order chi connectivity index (χ0) is 16.8. The maximum atomic E-state index is 6.40. The molecule has 7 heteroatoms. The van der Waals surface area contributed by atoms with Crippen molar-refractivity contribution in [3.05, 3.63) is 0 Å². The second-order valence-corrected chi connectivity index (χ2v) is 15.5. The Morgan fingerprint density at radius 1 is 0.571 bits per heavy atom. The zero-order valence-corrected chi connectivity index (χ0v) is 16.8. The lowest BCUT2D eigenvalue weighted by Crippen LogP contribution is -2.44. The molecule has 0 rings (SSSR count). The van der Waals surface area contributed by atoms with Crippen LogP contribution in [0.15, 0.2) is 0 Å². The van der Waals surface area contributed by atoms with Gasteiger partial charge in [-0.05, 0) is 90.1 Å². The first-order chi connectivity index (χ1) is 9.74. The van der Waals surface area contributed by atoms with Crippen molar-refractivity contribution in [3.8, 4) is 0 Å². The largest absolute Gasteiger partial charge is 0.455 e. The molecule has 21 heavy (non-hydrogen) atoms. The molecule has 0 aliphatic rings. The number of hydrogen-bond donors (Lipinski definition) is 4. The number of hydrogen-bond acceptors (Lipinski definition) is 5. The zero-order valence-electron chi connectivity index (χ0n) is 14.8. The van der Waals surface area contributed by atoms with Gasteiger partial charge in [0.1, 0.15) is 0 Å². The van der Waals surface area contributed by atoms with E-state index in [-0.39, 0.29) is 0 Å². The number of rotatable bonds is 11. The van der Waals surface area contributed by atoms with Gasteiger partial charge in [0.05, 0.1) is 0 Å². The Hall–Kier alpha value is 0.234. The smallest absolute Gasteiger partial charge is 0.173 e. The van der Waals surface area contributed by atoms with Crippen LogP contribution in [0.25, 0.3) is 0 Å². The van der Waals surface area contributed by atoms with Gasteiger partial charge in [-0.15, -0.1) is 0 Å². The summed E-state index contributed by atoms with van der Waals surface area (Å²) in [6.45, 7) is 12.3. The summed E-state index contributed by atoms with van der Waals surface area (Å²) >= 11 is 0. The first-order valence-corrected chi connectivity index (χ1v) is 14.5. The lowest BCUT2D eigenvalue weighted by atomic mass is 10.3. The van der Waals surface area contributed by atoms with Gasteiger partial charge in [-0.2, -0.15) is 0 Å². The van der Waals surface area contributed by atoms with Crippen LogP contribution in [-0.2, 0) is 4.12 Å². The minimum Gasteiger partial charge on any atom is -0.455 e. The van der Waals surface area contributed by atoms with Crippen molar-refractivity contribution in [1.29, 1.82) is 0 Å². The summed E-state index contributed by atoms with van der Waals surface area (Å²) < 4.78 is 6.40. The van der Waals surface area contributed by atoms with E-state index in [0.717, 1.165) is 51.9 Å². The maximum Gasteiger partial charge on any atom is 0.173 e. The molecule has 0 bridgehead atoms. The molecule has 0 spiro atoms. The van der Waals surface area contributed by atoms with E-state index >= 15 is 0 Å². The SMILES string of the molecule is C[Si](C)(CCCN)O[Si](C)(C)CCCN.NCCCCN. The Bertz CT molecular complexity index is 207. The molecule has 0 heterocycles. The molecule has 0 aliphatic heterocycles. The van der Waals surface area contributed by atoms with E-state index in [0.29, 0.717) is 0 Å². The predicted molar refractivity (Wildman–Crippen MR) is 100 cm³/mol. The average Bonchev–Trinajstić information content (AvgIpc) is 2.40. The van der Waals surface area contributed by atoms with Crippen molar-refractivity contribution in [3.63, 3.8) is 0 Å². The molecule has 0 amide bonds. The van der Waals surface area contributed by atoms with E-state index in [9.17, 15) is 0 Å². The summed E-state index contributed by atoms with van der Waals surface area (Å²) in [5.41, 5.74) is 21.4. The Morgan fingerprint density at radius 2 is 0.857 bits per heavy atom. The van der Waals surface area contributed by atoms with Crippen molar-refractivity contribution in [2.45, 2.75) is 64.0 Å². The summed E-state index contributed by atoms with van der Waals surface area (Å²) in [7, 11) is -2.94. The van der Waals surface area contributed by atoms with Gasteiger partial charge in [0, 0.05) is 0 Å². The molecule has 0 saturated carbocycles. The summed E-state index contributed by atoms with van der Waals surface area (Å²) in [5.74, 6) is 0. The first-order valence-electron chi connectivity index (χ1n) is 8.25.